The number of rotatable bonds is 5. The van der Waals surface area contributed by atoms with Gasteiger partial charge in [0.1, 0.15) is 18.2 Å². The summed E-state index contributed by atoms with van der Waals surface area (Å²) in [6, 6.07) is 8.07. The van der Waals surface area contributed by atoms with Gasteiger partial charge in [0, 0.05) is 4.90 Å². The third-order valence-electron chi connectivity index (χ3n) is 2.65. The fraction of sp³-hybridized carbons (Fsp3) is 0.308. The van der Waals surface area contributed by atoms with Crippen LogP contribution in [0.1, 0.15) is 31.3 Å². The van der Waals surface area contributed by atoms with Crippen molar-refractivity contribution in [3.8, 4) is 6.07 Å². The SMILES string of the molecule is CCSc1cccc(NC(C)c2ncn[nH]2)c1C#N. The quantitative estimate of drug-likeness (QED) is 0.819. The van der Waals surface area contributed by atoms with Crippen molar-refractivity contribution in [1.29, 1.82) is 5.26 Å². The van der Waals surface area contributed by atoms with Crippen LogP contribution in [0.3, 0.4) is 0 Å². The zero-order valence-electron chi connectivity index (χ0n) is 10.8. The number of hydrogen-bond acceptors (Lipinski definition) is 5. The van der Waals surface area contributed by atoms with Crippen LogP contribution in [0, 0.1) is 11.3 Å². The Labute approximate surface area is 116 Å². The minimum Gasteiger partial charge on any atom is -0.374 e. The molecule has 0 radical (unpaired) electrons. The van der Waals surface area contributed by atoms with Crippen LogP contribution < -0.4 is 5.32 Å². The Bertz CT molecular complexity index is 573. The Hall–Kier alpha value is -2.00. The number of thioether (sulfide) groups is 1. The van der Waals surface area contributed by atoms with Gasteiger partial charge in [0.25, 0.3) is 0 Å². The maximum Gasteiger partial charge on any atom is 0.146 e. The highest BCUT2D eigenvalue weighted by Crippen LogP contribution is 2.29. The van der Waals surface area contributed by atoms with E-state index in [0.29, 0.717) is 5.56 Å². The number of hydrogen-bond donors (Lipinski definition) is 2. The van der Waals surface area contributed by atoms with Gasteiger partial charge in [-0.2, -0.15) is 10.4 Å². The molecule has 6 heteroatoms. The Morgan fingerprint density at radius 3 is 3.00 bits per heavy atom. The summed E-state index contributed by atoms with van der Waals surface area (Å²) in [5.74, 6) is 1.69. The molecular weight excluding hydrogens is 258 g/mol. The summed E-state index contributed by atoms with van der Waals surface area (Å²) in [6.45, 7) is 4.05. The maximum absolute atomic E-state index is 9.33. The first-order chi connectivity index (χ1) is 9.26. The summed E-state index contributed by atoms with van der Waals surface area (Å²) >= 11 is 1.67. The number of aromatic amines is 1. The Balaban J connectivity index is 2.25. The molecule has 0 bridgehead atoms. The zero-order valence-corrected chi connectivity index (χ0v) is 11.7. The van der Waals surface area contributed by atoms with Crippen molar-refractivity contribution >= 4 is 17.4 Å². The van der Waals surface area contributed by atoms with E-state index in [9.17, 15) is 5.26 Å². The van der Waals surface area contributed by atoms with Crippen molar-refractivity contribution in [2.75, 3.05) is 11.1 Å². The Morgan fingerprint density at radius 1 is 1.53 bits per heavy atom. The Kier molecular flexibility index (Phi) is 4.42. The monoisotopic (exact) mass is 273 g/mol. The van der Waals surface area contributed by atoms with Crippen molar-refractivity contribution in [2.24, 2.45) is 0 Å². The van der Waals surface area contributed by atoms with Gasteiger partial charge in [-0.1, -0.05) is 13.0 Å². The van der Waals surface area contributed by atoms with Gasteiger partial charge in [-0.25, -0.2) is 4.98 Å². The molecular formula is C13H15N5S. The molecule has 2 rings (SSSR count). The van der Waals surface area contributed by atoms with E-state index in [2.05, 4.69) is 33.5 Å². The van der Waals surface area contributed by atoms with Gasteiger partial charge in [0.2, 0.25) is 0 Å². The molecule has 0 saturated carbocycles. The van der Waals surface area contributed by atoms with Crippen LogP contribution in [-0.2, 0) is 0 Å². The van der Waals surface area contributed by atoms with E-state index in [4.69, 9.17) is 0 Å². The summed E-state index contributed by atoms with van der Waals surface area (Å²) in [6.07, 6.45) is 1.47. The first-order valence-electron chi connectivity index (χ1n) is 6.04. The predicted molar refractivity (Wildman–Crippen MR) is 76.0 cm³/mol. The first-order valence-corrected chi connectivity index (χ1v) is 7.02. The minimum atomic E-state index is -0.0310. The molecule has 2 aromatic rings. The van der Waals surface area contributed by atoms with E-state index in [1.165, 1.54) is 6.33 Å². The van der Waals surface area contributed by atoms with Gasteiger partial charge in [0.15, 0.2) is 0 Å². The van der Waals surface area contributed by atoms with E-state index < -0.39 is 0 Å². The maximum atomic E-state index is 9.33. The van der Waals surface area contributed by atoms with E-state index >= 15 is 0 Å². The van der Waals surface area contributed by atoms with Crippen LogP contribution in [0.15, 0.2) is 29.4 Å². The lowest BCUT2D eigenvalue weighted by Gasteiger charge is -2.15. The molecule has 0 spiro atoms. The lowest BCUT2D eigenvalue weighted by molar-refractivity contribution is 0.795. The minimum absolute atomic E-state index is 0.0310. The highest BCUT2D eigenvalue weighted by molar-refractivity contribution is 7.99. The van der Waals surface area contributed by atoms with E-state index in [-0.39, 0.29) is 6.04 Å². The largest absolute Gasteiger partial charge is 0.374 e. The molecule has 1 aromatic carbocycles. The van der Waals surface area contributed by atoms with Crippen molar-refractivity contribution in [1.82, 2.24) is 15.2 Å². The molecule has 0 fully saturated rings. The molecule has 0 amide bonds. The van der Waals surface area contributed by atoms with Gasteiger partial charge in [-0.3, -0.25) is 5.10 Å². The third kappa shape index (κ3) is 3.06. The van der Waals surface area contributed by atoms with Crippen molar-refractivity contribution in [3.63, 3.8) is 0 Å². The number of H-pyrrole nitrogens is 1. The van der Waals surface area contributed by atoms with Crippen LogP contribution in [-0.4, -0.2) is 20.9 Å². The van der Waals surface area contributed by atoms with Crippen LogP contribution in [0.4, 0.5) is 5.69 Å². The van der Waals surface area contributed by atoms with Crippen LogP contribution in [0.2, 0.25) is 0 Å². The molecule has 0 aliphatic heterocycles. The molecule has 0 saturated heterocycles. The second kappa shape index (κ2) is 6.25. The average Bonchev–Trinajstić information content (AvgIpc) is 2.93. The fourth-order valence-electron chi connectivity index (χ4n) is 1.77. The molecule has 0 aliphatic carbocycles. The number of anilines is 1. The van der Waals surface area contributed by atoms with Crippen molar-refractivity contribution < 1.29 is 0 Å². The lowest BCUT2D eigenvalue weighted by atomic mass is 10.1. The summed E-state index contributed by atoms with van der Waals surface area (Å²) in [4.78, 5) is 5.11. The molecule has 98 valence electrons. The standard InChI is InChI=1S/C13H15N5S/c1-3-19-12-6-4-5-11(10(12)7-14)17-9(2)13-15-8-16-18-13/h4-6,8-9,17H,3H2,1-2H3,(H,15,16,18). The summed E-state index contributed by atoms with van der Waals surface area (Å²) in [5, 5.41) is 19.3. The number of nitrogens with one attached hydrogen (secondary N) is 2. The third-order valence-corrected chi connectivity index (χ3v) is 3.59. The molecule has 0 aliphatic rings. The number of benzene rings is 1. The molecule has 1 aromatic heterocycles. The van der Waals surface area contributed by atoms with Gasteiger partial charge in [0.05, 0.1) is 17.3 Å². The second-order valence-electron chi connectivity index (χ2n) is 3.96. The van der Waals surface area contributed by atoms with E-state index in [0.717, 1.165) is 22.2 Å². The van der Waals surface area contributed by atoms with E-state index in [1.807, 2.05) is 25.1 Å². The number of nitrogens with zero attached hydrogens (tertiary/aromatic N) is 3. The van der Waals surface area contributed by atoms with Gasteiger partial charge >= 0.3 is 0 Å². The average molecular weight is 273 g/mol. The predicted octanol–water partition coefficient (Wildman–Crippen LogP) is 2.96. The normalized spacial score (nSPS) is 11.8. The van der Waals surface area contributed by atoms with E-state index in [1.54, 1.807) is 11.8 Å². The van der Waals surface area contributed by atoms with Crippen LogP contribution in [0.5, 0.6) is 0 Å². The molecule has 19 heavy (non-hydrogen) atoms. The van der Waals surface area contributed by atoms with Crippen LogP contribution >= 0.6 is 11.8 Å². The highest BCUT2D eigenvalue weighted by atomic mass is 32.2. The second-order valence-corrected chi connectivity index (χ2v) is 5.27. The molecule has 1 unspecified atom stereocenters. The van der Waals surface area contributed by atoms with Crippen molar-refractivity contribution in [2.45, 2.75) is 24.8 Å². The summed E-state index contributed by atoms with van der Waals surface area (Å²) < 4.78 is 0. The molecule has 1 atom stereocenters. The smallest absolute Gasteiger partial charge is 0.146 e. The molecule has 5 nitrogen and oxygen atoms in total. The lowest BCUT2D eigenvalue weighted by Crippen LogP contribution is -2.09. The molecule has 1 heterocycles. The number of aromatic nitrogens is 3. The topological polar surface area (TPSA) is 77.4 Å². The fourth-order valence-corrected chi connectivity index (χ4v) is 2.55. The van der Waals surface area contributed by atoms with Crippen molar-refractivity contribution in [3.05, 3.63) is 35.9 Å². The molecule has 2 N–H and O–H groups in total. The van der Waals surface area contributed by atoms with Gasteiger partial charge < -0.3 is 5.32 Å². The zero-order chi connectivity index (χ0) is 13.7. The Morgan fingerprint density at radius 2 is 2.37 bits per heavy atom. The van der Waals surface area contributed by atoms with Gasteiger partial charge in [-0.05, 0) is 24.8 Å². The summed E-state index contributed by atoms with van der Waals surface area (Å²) in [7, 11) is 0. The van der Waals surface area contributed by atoms with Crippen LogP contribution in [0.25, 0.3) is 0 Å². The van der Waals surface area contributed by atoms with Gasteiger partial charge in [-0.15, -0.1) is 11.8 Å². The first kappa shape index (κ1) is 13.4. The highest BCUT2D eigenvalue weighted by Gasteiger charge is 2.13. The number of nitriles is 1. The summed E-state index contributed by atoms with van der Waals surface area (Å²) in [5.41, 5.74) is 1.51.